The number of nitro benzene ring substituents is 1. The first kappa shape index (κ1) is 14.0. The second kappa shape index (κ2) is 6.12. The third kappa shape index (κ3) is 3.52. The molecule has 19 heavy (non-hydrogen) atoms. The first-order valence-corrected chi connectivity index (χ1v) is 6.66. The lowest BCUT2D eigenvalue weighted by Crippen LogP contribution is -2.35. The van der Waals surface area contributed by atoms with E-state index in [9.17, 15) is 10.1 Å². The molecule has 3 unspecified atom stereocenters. The summed E-state index contributed by atoms with van der Waals surface area (Å²) >= 11 is 0. The minimum absolute atomic E-state index is 0.133. The van der Waals surface area contributed by atoms with Gasteiger partial charge in [-0.15, -0.1) is 0 Å². The molecular weight excluding hydrogens is 244 g/mol. The Morgan fingerprint density at radius 2 is 2.05 bits per heavy atom. The molecule has 0 bridgehead atoms. The molecule has 0 radical (unpaired) electrons. The zero-order chi connectivity index (χ0) is 13.8. The van der Waals surface area contributed by atoms with Crippen molar-refractivity contribution in [3.8, 4) is 0 Å². The Hall–Kier alpha value is -1.46. The molecule has 5 heteroatoms. The van der Waals surface area contributed by atoms with E-state index in [-0.39, 0.29) is 16.7 Å². The van der Waals surface area contributed by atoms with Crippen LogP contribution in [0, 0.1) is 16.0 Å². The fourth-order valence-corrected chi connectivity index (χ4v) is 2.46. The molecule has 1 aromatic rings. The summed E-state index contributed by atoms with van der Waals surface area (Å²) in [4.78, 5) is 10.2. The van der Waals surface area contributed by atoms with E-state index >= 15 is 0 Å². The largest absolute Gasteiger partial charge is 0.381 e. The first-order chi connectivity index (χ1) is 9.08. The SMILES string of the molecule is CC(NC(C)C1CCOC1)c1ccc([N+](=O)[O-])cc1. The molecule has 5 nitrogen and oxygen atoms in total. The fourth-order valence-electron chi connectivity index (χ4n) is 2.46. The van der Waals surface area contributed by atoms with Crippen molar-refractivity contribution in [1.82, 2.24) is 5.32 Å². The molecule has 3 atom stereocenters. The quantitative estimate of drug-likeness (QED) is 0.656. The number of nitrogens with one attached hydrogen (secondary N) is 1. The van der Waals surface area contributed by atoms with Gasteiger partial charge in [-0.2, -0.15) is 0 Å². The van der Waals surface area contributed by atoms with E-state index in [4.69, 9.17) is 4.74 Å². The van der Waals surface area contributed by atoms with E-state index in [1.807, 2.05) is 12.1 Å². The van der Waals surface area contributed by atoms with E-state index < -0.39 is 0 Å². The smallest absolute Gasteiger partial charge is 0.269 e. The molecule has 1 aliphatic rings. The van der Waals surface area contributed by atoms with Crippen LogP contribution < -0.4 is 5.32 Å². The van der Waals surface area contributed by atoms with Crippen LogP contribution in [0.25, 0.3) is 0 Å². The average molecular weight is 264 g/mol. The van der Waals surface area contributed by atoms with Gasteiger partial charge in [0.25, 0.3) is 5.69 Å². The first-order valence-electron chi connectivity index (χ1n) is 6.66. The van der Waals surface area contributed by atoms with E-state index in [0.29, 0.717) is 12.0 Å². The Morgan fingerprint density at radius 1 is 1.37 bits per heavy atom. The molecule has 1 N–H and O–H groups in total. The number of ether oxygens (including phenoxy) is 1. The Balaban J connectivity index is 1.95. The van der Waals surface area contributed by atoms with Crippen LogP contribution in [0.3, 0.4) is 0 Å². The highest BCUT2D eigenvalue weighted by Crippen LogP contribution is 2.21. The van der Waals surface area contributed by atoms with Crippen molar-refractivity contribution in [2.75, 3.05) is 13.2 Å². The minimum atomic E-state index is -0.375. The number of rotatable bonds is 5. The monoisotopic (exact) mass is 264 g/mol. The van der Waals surface area contributed by atoms with Gasteiger partial charge in [0.05, 0.1) is 11.5 Å². The molecule has 1 heterocycles. The molecular formula is C14H20N2O3. The molecule has 2 rings (SSSR count). The lowest BCUT2D eigenvalue weighted by molar-refractivity contribution is -0.384. The number of hydrogen-bond acceptors (Lipinski definition) is 4. The zero-order valence-corrected chi connectivity index (χ0v) is 11.3. The van der Waals surface area contributed by atoms with Crippen molar-refractivity contribution in [3.05, 3.63) is 39.9 Å². The topological polar surface area (TPSA) is 64.4 Å². The van der Waals surface area contributed by atoms with Crippen molar-refractivity contribution in [1.29, 1.82) is 0 Å². The summed E-state index contributed by atoms with van der Waals surface area (Å²) < 4.78 is 5.39. The summed E-state index contributed by atoms with van der Waals surface area (Å²) in [5, 5.41) is 14.1. The molecule has 104 valence electrons. The van der Waals surface area contributed by atoms with Crippen LogP contribution in [-0.4, -0.2) is 24.2 Å². The molecule has 0 spiro atoms. The number of non-ortho nitro benzene ring substituents is 1. The Morgan fingerprint density at radius 3 is 2.58 bits per heavy atom. The van der Waals surface area contributed by atoms with Gasteiger partial charge in [0, 0.05) is 30.8 Å². The summed E-state index contributed by atoms with van der Waals surface area (Å²) in [7, 11) is 0. The van der Waals surface area contributed by atoms with Gasteiger partial charge in [-0.05, 0) is 31.7 Å². The van der Waals surface area contributed by atoms with Crippen LogP contribution in [-0.2, 0) is 4.74 Å². The fraction of sp³-hybridized carbons (Fsp3) is 0.571. The van der Waals surface area contributed by atoms with Gasteiger partial charge in [0.15, 0.2) is 0 Å². The molecule has 1 saturated heterocycles. The van der Waals surface area contributed by atoms with Crippen molar-refractivity contribution >= 4 is 5.69 Å². The van der Waals surface area contributed by atoms with Gasteiger partial charge >= 0.3 is 0 Å². The lowest BCUT2D eigenvalue weighted by atomic mass is 9.98. The van der Waals surface area contributed by atoms with Crippen LogP contribution in [0.15, 0.2) is 24.3 Å². The standard InChI is InChI=1S/C14H20N2O3/c1-10(15-11(2)13-7-8-19-9-13)12-3-5-14(6-4-12)16(17)18/h3-6,10-11,13,15H,7-9H2,1-2H3. The number of nitrogens with zero attached hydrogens (tertiary/aromatic N) is 1. The zero-order valence-electron chi connectivity index (χ0n) is 11.3. The van der Waals surface area contributed by atoms with Crippen LogP contribution in [0.4, 0.5) is 5.69 Å². The molecule has 1 fully saturated rings. The highest BCUT2D eigenvalue weighted by atomic mass is 16.6. The molecule has 1 aliphatic heterocycles. The Kier molecular flexibility index (Phi) is 4.50. The van der Waals surface area contributed by atoms with Crippen molar-refractivity contribution in [3.63, 3.8) is 0 Å². The normalized spacial score (nSPS) is 22.1. The second-order valence-electron chi connectivity index (χ2n) is 5.15. The number of hydrogen-bond donors (Lipinski definition) is 1. The van der Waals surface area contributed by atoms with Crippen LogP contribution >= 0.6 is 0 Å². The number of benzene rings is 1. The number of nitro groups is 1. The predicted octanol–water partition coefficient (Wildman–Crippen LogP) is 2.67. The van der Waals surface area contributed by atoms with E-state index in [0.717, 1.165) is 25.2 Å². The highest BCUT2D eigenvalue weighted by molar-refractivity contribution is 5.34. The van der Waals surface area contributed by atoms with Gasteiger partial charge < -0.3 is 10.1 Å². The maximum Gasteiger partial charge on any atom is 0.269 e. The average Bonchev–Trinajstić information content (AvgIpc) is 2.92. The summed E-state index contributed by atoms with van der Waals surface area (Å²) in [5.74, 6) is 0.556. The van der Waals surface area contributed by atoms with Crippen LogP contribution in [0.1, 0.15) is 31.9 Å². The summed E-state index contributed by atoms with van der Waals surface area (Å²) in [6, 6.07) is 7.29. The predicted molar refractivity (Wildman–Crippen MR) is 73.0 cm³/mol. The van der Waals surface area contributed by atoms with E-state index in [2.05, 4.69) is 19.2 Å². The molecule has 1 aromatic carbocycles. The third-order valence-electron chi connectivity index (χ3n) is 3.79. The van der Waals surface area contributed by atoms with Gasteiger partial charge in [-0.1, -0.05) is 12.1 Å². The molecule has 0 amide bonds. The summed E-state index contributed by atoms with van der Waals surface area (Å²) in [6.07, 6.45) is 1.10. The summed E-state index contributed by atoms with van der Waals surface area (Å²) in [6.45, 7) is 5.92. The molecule has 0 aromatic heterocycles. The summed E-state index contributed by atoms with van der Waals surface area (Å²) in [5.41, 5.74) is 1.20. The van der Waals surface area contributed by atoms with Crippen molar-refractivity contribution < 1.29 is 9.66 Å². The lowest BCUT2D eigenvalue weighted by Gasteiger charge is -2.24. The van der Waals surface area contributed by atoms with Gasteiger partial charge in [0.1, 0.15) is 0 Å². The Labute approximate surface area is 113 Å². The highest BCUT2D eigenvalue weighted by Gasteiger charge is 2.23. The van der Waals surface area contributed by atoms with Gasteiger partial charge in [-0.3, -0.25) is 10.1 Å². The van der Waals surface area contributed by atoms with Crippen molar-refractivity contribution in [2.24, 2.45) is 5.92 Å². The van der Waals surface area contributed by atoms with Gasteiger partial charge in [0.2, 0.25) is 0 Å². The third-order valence-corrected chi connectivity index (χ3v) is 3.79. The minimum Gasteiger partial charge on any atom is -0.381 e. The maximum absolute atomic E-state index is 10.6. The second-order valence-corrected chi connectivity index (χ2v) is 5.15. The maximum atomic E-state index is 10.6. The van der Waals surface area contributed by atoms with Gasteiger partial charge in [-0.25, -0.2) is 0 Å². The van der Waals surface area contributed by atoms with E-state index in [1.165, 1.54) is 0 Å². The van der Waals surface area contributed by atoms with Crippen LogP contribution in [0.2, 0.25) is 0 Å². The van der Waals surface area contributed by atoms with Crippen LogP contribution in [0.5, 0.6) is 0 Å². The Bertz CT molecular complexity index is 427. The molecule has 0 saturated carbocycles. The van der Waals surface area contributed by atoms with Crippen molar-refractivity contribution in [2.45, 2.75) is 32.4 Å². The van der Waals surface area contributed by atoms with E-state index in [1.54, 1.807) is 12.1 Å². The molecule has 0 aliphatic carbocycles.